The van der Waals surface area contributed by atoms with E-state index in [9.17, 15) is 4.79 Å². The van der Waals surface area contributed by atoms with Gasteiger partial charge >= 0.3 is 0 Å². The van der Waals surface area contributed by atoms with Crippen LogP contribution in [0.1, 0.15) is 27.2 Å². The molecule has 0 bridgehead atoms. The molecule has 0 saturated heterocycles. The van der Waals surface area contributed by atoms with E-state index in [0.717, 1.165) is 22.5 Å². The van der Waals surface area contributed by atoms with Gasteiger partial charge in [-0.3, -0.25) is 4.79 Å². The number of imidazole rings is 1. The van der Waals surface area contributed by atoms with Crippen molar-refractivity contribution in [2.24, 2.45) is 0 Å². The van der Waals surface area contributed by atoms with Crippen LogP contribution in [-0.4, -0.2) is 22.4 Å². The number of hydrogen-bond acceptors (Lipinski definition) is 4. The SMILES string of the molecule is COc1ccc(C)cc1NC(=O)c1cccc(OCc2cn3cccc(C)c3n2)c1. The van der Waals surface area contributed by atoms with Gasteiger partial charge in [-0.05, 0) is 61.4 Å². The molecule has 6 heteroatoms. The second-order valence-corrected chi connectivity index (χ2v) is 7.13. The summed E-state index contributed by atoms with van der Waals surface area (Å²) in [6.45, 7) is 4.31. The van der Waals surface area contributed by atoms with Gasteiger partial charge in [0.2, 0.25) is 0 Å². The molecule has 2 aromatic heterocycles. The van der Waals surface area contributed by atoms with E-state index < -0.39 is 0 Å². The van der Waals surface area contributed by atoms with E-state index in [2.05, 4.69) is 10.3 Å². The minimum absolute atomic E-state index is 0.229. The fraction of sp³-hybridized carbons (Fsp3) is 0.167. The summed E-state index contributed by atoms with van der Waals surface area (Å²) in [5.41, 5.74) is 5.01. The Kier molecular flexibility index (Phi) is 5.39. The summed E-state index contributed by atoms with van der Waals surface area (Å²) in [4.78, 5) is 17.3. The lowest BCUT2D eigenvalue weighted by Gasteiger charge is -2.12. The van der Waals surface area contributed by atoms with E-state index in [0.29, 0.717) is 29.4 Å². The van der Waals surface area contributed by atoms with Crippen molar-refractivity contribution in [3.8, 4) is 11.5 Å². The summed E-state index contributed by atoms with van der Waals surface area (Å²) in [5, 5.41) is 2.91. The summed E-state index contributed by atoms with van der Waals surface area (Å²) in [7, 11) is 1.58. The van der Waals surface area contributed by atoms with E-state index in [1.807, 2.05) is 67.0 Å². The van der Waals surface area contributed by atoms with Gasteiger partial charge in [-0.1, -0.05) is 18.2 Å². The number of anilines is 1. The summed E-state index contributed by atoms with van der Waals surface area (Å²) >= 11 is 0. The van der Waals surface area contributed by atoms with Crippen LogP contribution < -0.4 is 14.8 Å². The van der Waals surface area contributed by atoms with Crippen molar-refractivity contribution in [2.45, 2.75) is 20.5 Å². The van der Waals surface area contributed by atoms with Gasteiger partial charge in [0.05, 0.1) is 18.5 Å². The molecule has 0 saturated carbocycles. The van der Waals surface area contributed by atoms with E-state index in [4.69, 9.17) is 9.47 Å². The highest BCUT2D eigenvalue weighted by Crippen LogP contribution is 2.26. The average Bonchev–Trinajstić information content (AvgIpc) is 3.17. The van der Waals surface area contributed by atoms with E-state index in [1.54, 1.807) is 25.3 Å². The lowest BCUT2D eigenvalue weighted by Crippen LogP contribution is -2.13. The number of hydrogen-bond donors (Lipinski definition) is 1. The summed E-state index contributed by atoms with van der Waals surface area (Å²) in [6.07, 6.45) is 3.91. The molecular formula is C24H23N3O3. The van der Waals surface area contributed by atoms with Crippen molar-refractivity contribution in [3.05, 3.63) is 89.4 Å². The van der Waals surface area contributed by atoms with Crippen LogP contribution >= 0.6 is 0 Å². The Balaban J connectivity index is 1.47. The Morgan fingerprint density at radius 2 is 1.97 bits per heavy atom. The normalized spacial score (nSPS) is 10.8. The number of aryl methyl sites for hydroxylation is 2. The van der Waals surface area contributed by atoms with Gasteiger partial charge in [-0.2, -0.15) is 0 Å². The number of ether oxygens (including phenoxy) is 2. The van der Waals surface area contributed by atoms with Gasteiger partial charge < -0.3 is 19.2 Å². The Hall–Kier alpha value is -3.80. The van der Waals surface area contributed by atoms with Crippen LogP contribution in [0.3, 0.4) is 0 Å². The smallest absolute Gasteiger partial charge is 0.255 e. The molecule has 30 heavy (non-hydrogen) atoms. The molecule has 4 rings (SSSR count). The van der Waals surface area contributed by atoms with Crippen molar-refractivity contribution >= 4 is 17.2 Å². The number of benzene rings is 2. The lowest BCUT2D eigenvalue weighted by molar-refractivity contribution is 0.102. The molecule has 0 aliphatic carbocycles. The van der Waals surface area contributed by atoms with Gasteiger partial charge in [-0.15, -0.1) is 0 Å². The fourth-order valence-electron chi connectivity index (χ4n) is 3.27. The van der Waals surface area contributed by atoms with Crippen molar-refractivity contribution in [1.82, 2.24) is 9.38 Å². The van der Waals surface area contributed by atoms with E-state index in [1.165, 1.54) is 0 Å². The first-order valence-electron chi connectivity index (χ1n) is 9.65. The maximum Gasteiger partial charge on any atom is 0.255 e. The van der Waals surface area contributed by atoms with Crippen LogP contribution in [0.2, 0.25) is 0 Å². The van der Waals surface area contributed by atoms with E-state index in [-0.39, 0.29) is 5.91 Å². The predicted molar refractivity (Wildman–Crippen MR) is 116 cm³/mol. The standard InChI is InChI=1S/C24H23N3O3/c1-16-9-10-22(29-3)21(12-16)26-24(28)18-7-4-8-20(13-18)30-15-19-14-27-11-5-6-17(2)23(27)25-19/h4-14H,15H2,1-3H3,(H,26,28). The topological polar surface area (TPSA) is 64.9 Å². The third-order valence-electron chi connectivity index (χ3n) is 4.81. The van der Waals surface area contributed by atoms with Gasteiger partial charge in [0.25, 0.3) is 5.91 Å². The number of methoxy groups -OCH3 is 1. The Labute approximate surface area is 175 Å². The Bertz CT molecular complexity index is 1210. The monoisotopic (exact) mass is 401 g/mol. The molecule has 6 nitrogen and oxygen atoms in total. The van der Waals surface area contributed by atoms with Crippen molar-refractivity contribution < 1.29 is 14.3 Å². The minimum atomic E-state index is -0.229. The summed E-state index contributed by atoms with van der Waals surface area (Å²) in [5.74, 6) is 0.990. The molecule has 152 valence electrons. The van der Waals surface area contributed by atoms with Gasteiger partial charge in [0, 0.05) is 18.0 Å². The molecule has 0 unspecified atom stereocenters. The summed E-state index contributed by atoms with van der Waals surface area (Å²) in [6, 6.07) is 16.7. The van der Waals surface area contributed by atoms with Crippen molar-refractivity contribution in [2.75, 3.05) is 12.4 Å². The zero-order valence-electron chi connectivity index (χ0n) is 17.2. The minimum Gasteiger partial charge on any atom is -0.495 e. The first-order chi connectivity index (χ1) is 14.5. The number of aromatic nitrogens is 2. The molecule has 1 amide bonds. The maximum atomic E-state index is 12.7. The number of rotatable bonds is 6. The van der Waals surface area contributed by atoms with Crippen LogP contribution in [-0.2, 0) is 6.61 Å². The molecule has 2 aromatic carbocycles. The third kappa shape index (κ3) is 4.12. The molecule has 0 aliphatic heterocycles. The van der Waals surface area contributed by atoms with Crippen LogP contribution in [0.15, 0.2) is 67.0 Å². The number of pyridine rings is 1. The number of nitrogens with one attached hydrogen (secondary N) is 1. The molecule has 2 heterocycles. The molecule has 1 N–H and O–H groups in total. The lowest BCUT2D eigenvalue weighted by atomic mass is 10.1. The fourth-order valence-corrected chi connectivity index (χ4v) is 3.27. The number of nitrogens with zero attached hydrogens (tertiary/aromatic N) is 2. The average molecular weight is 401 g/mol. The highest BCUT2D eigenvalue weighted by atomic mass is 16.5. The zero-order chi connectivity index (χ0) is 21.1. The largest absolute Gasteiger partial charge is 0.495 e. The highest BCUT2D eigenvalue weighted by molar-refractivity contribution is 6.05. The molecule has 0 fully saturated rings. The van der Waals surface area contributed by atoms with Crippen molar-refractivity contribution in [3.63, 3.8) is 0 Å². The Morgan fingerprint density at radius 3 is 2.77 bits per heavy atom. The second-order valence-electron chi connectivity index (χ2n) is 7.13. The number of carbonyl (C=O) groups is 1. The van der Waals surface area contributed by atoms with Gasteiger partial charge in [-0.25, -0.2) is 4.98 Å². The molecule has 0 aliphatic rings. The molecule has 0 radical (unpaired) electrons. The van der Waals surface area contributed by atoms with Gasteiger partial charge in [0.15, 0.2) is 0 Å². The quantitative estimate of drug-likeness (QED) is 0.504. The predicted octanol–water partition coefficient (Wildman–Crippen LogP) is 4.79. The van der Waals surface area contributed by atoms with E-state index >= 15 is 0 Å². The third-order valence-corrected chi connectivity index (χ3v) is 4.81. The zero-order valence-corrected chi connectivity index (χ0v) is 17.2. The highest BCUT2D eigenvalue weighted by Gasteiger charge is 2.11. The first kappa shape index (κ1) is 19.5. The molecule has 0 atom stereocenters. The molecule has 4 aromatic rings. The summed E-state index contributed by atoms with van der Waals surface area (Å²) < 4.78 is 13.2. The molecule has 0 spiro atoms. The van der Waals surface area contributed by atoms with Crippen molar-refractivity contribution in [1.29, 1.82) is 0 Å². The number of fused-ring (bicyclic) bond motifs is 1. The van der Waals surface area contributed by atoms with Crippen LogP contribution in [0.25, 0.3) is 5.65 Å². The van der Waals surface area contributed by atoms with Gasteiger partial charge in [0.1, 0.15) is 23.8 Å². The second kappa shape index (κ2) is 8.29. The molecular weight excluding hydrogens is 378 g/mol. The number of carbonyl (C=O) groups excluding carboxylic acids is 1. The van der Waals surface area contributed by atoms with Crippen LogP contribution in [0.4, 0.5) is 5.69 Å². The number of amides is 1. The first-order valence-corrected chi connectivity index (χ1v) is 9.65. The maximum absolute atomic E-state index is 12.7. The van der Waals surface area contributed by atoms with Crippen LogP contribution in [0, 0.1) is 13.8 Å². The Morgan fingerprint density at radius 1 is 1.10 bits per heavy atom. The van der Waals surface area contributed by atoms with Crippen LogP contribution in [0.5, 0.6) is 11.5 Å².